The predicted octanol–water partition coefficient (Wildman–Crippen LogP) is 3.48. The Morgan fingerprint density at radius 1 is 1.07 bits per heavy atom. The predicted molar refractivity (Wildman–Crippen MR) is 67.1 cm³/mol. The molecule has 0 atom stereocenters. The van der Waals surface area contributed by atoms with Gasteiger partial charge in [-0.3, -0.25) is 0 Å². The number of hydrogen-bond donors (Lipinski definition) is 1. The zero-order valence-corrected chi connectivity index (χ0v) is 10.00. The first-order chi connectivity index (χ1) is 7.31. The van der Waals surface area contributed by atoms with Gasteiger partial charge in [0.05, 0.1) is 0 Å². The lowest BCUT2D eigenvalue weighted by molar-refractivity contribution is 0.641. The van der Waals surface area contributed by atoms with E-state index in [2.05, 4.69) is 38.1 Å². The summed E-state index contributed by atoms with van der Waals surface area (Å²) in [6.45, 7) is 5.31. The Balaban J connectivity index is 2.62. The molecule has 0 aliphatic heterocycles. The molecule has 0 radical (unpaired) electrons. The Labute approximate surface area is 93.7 Å². The maximum absolute atomic E-state index is 5.50. The number of aryl methyl sites for hydroxylation is 1. The largest absolute Gasteiger partial charge is 0.330 e. The van der Waals surface area contributed by atoms with Crippen LogP contribution >= 0.6 is 0 Å². The number of hydrogen-bond acceptors (Lipinski definition) is 1. The van der Waals surface area contributed by atoms with Crippen molar-refractivity contribution in [2.24, 2.45) is 5.73 Å². The molecule has 0 bridgehead atoms. The summed E-state index contributed by atoms with van der Waals surface area (Å²) in [4.78, 5) is 0. The van der Waals surface area contributed by atoms with Gasteiger partial charge in [-0.25, -0.2) is 0 Å². The van der Waals surface area contributed by atoms with Crippen molar-refractivity contribution in [1.29, 1.82) is 0 Å². The molecule has 1 heteroatoms. The van der Waals surface area contributed by atoms with E-state index in [0.717, 1.165) is 25.3 Å². The van der Waals surface area contributed by atoms with Gasteiger partial charge in [-0.1, -0.05) is 38.1 Å². The van der Waals surface area contributed by atoms with Gasteiger partial charge in [0.2, 0.25) is 0 Å². The summed E-state index contributed by atoms with van der Waals surface area (Å²) < 4.78 is 0. The summed E-state index contributed by atoms with van der Waals surface area (Å²) in [6.07, 6.45) is 4.67. The van der Waals surface area contributed by atoms with E-state index >= 15 is 0 Å². The van der Waals surface area contributed by atoms with E-state index < -0.39 is 0 Å². The molecule has 0 heterocycles. The third-order valence-corrected chi connectivity index (χ3v) is 3.11. The average molecular weight is 205 g/mol. The van der Waals surface area contributed by atoms with Gasteiger partial charge < -0.3 is 5.73 Å². The van der Waals surface area contributed by atoms with Crippen molar-refractivity contribution in [1.82, 2.24) is 0 Å². The van der Waals surface area contributed by atoms with Crippen LogP contribution < -0.4 is 5.73 Å². The highest BCUT2D eigenvalue weighted by Gasteiger charge is 2.05. The van der Waals surface area contributed by atoms with E-state index in [1.54, 1.807) is 0 Å². The van der Waals surface area contributed by atoms with Crippen LogP contribution in [0.1, 0.15) is 50.2 Å². The Morgan fingerprint density at radius 2 is 1.67 bits per heavy atom. The van der Waals surface area contributed by atoms with E-state index in [1.807, 2.05) is 0 Å². The third-order valence-electron chi connectivity index (χ3n) is 3.11. The molecule has 1 aromatic carbocycles. The van der Waals surface area contributed by atoms with E-state index in [0.29, 0.717) is 0 Å². The highest BCUT2D eigenvalue weighted by molar-refractivity contribution is 5.25. The fourth-order valence-electron chi connectivity index (χ4n) is 2.02. The van der Waals surface area contributed by atoms with Crippen LogP contribution in [0.15, 0.2) is 24.3 Å². The van der Waals surface area contributed by atoms with Gasteiger partial charge in [0, 0.05) is 0 Å². The zero-order chi connectivity index (χ0) is 11.1. The Hall–Kier alpha value is -0.820. The molecule has 0 unspecified atom stereocenters. The van der Waals surface area contributed by atoms with Crippen molar-refractivity contribution in [2.75, 3.05) is 6.54 Å². The van der Waals surface area contributed by atoms with Gasteiger partial charge in [-0.15, -0.1) is 0 Å². The van der Waals surface area contributed by atoms with Crippen molar-refractivity contribution >= 4 is 0 Å². The first-order valence-corrected chi connectivity index (χ1v) is 6.10. The lowest BCUT2D eigenvalue weighted by Gasteiger charge is -2.13. The first kappa shape index (κ1) is 12.3. The highest BCUT2D eigenvalue weighted by atomic mass is 14.5. The topological polar surface area (TPSA) is 26.0 Å². The summed E-state index contributed by atoms with van der Waals surface area (Å²) in [5, 5.41) is 0. The SMILES string of the molecule is CCC(CC)c1ccc(CCCN)cc1. The van der Waals surface area contributed by atoms with E-state index in [4.69, 9.17) is 5.73 Å². The van der Waals surface area contributed by atoms with Crippen LogP contribution in [0.5, 0.6) is 0 Å². The average Bonchev–Trinajstić information content (AvgIpc) is 2.29. The maximum atomic E-state index is 5.50. The molecule has 1 rings (SSSR count). The molecule has 1 aromatic rings. The smallest absolute Gasteiger partial charge is 0.00741 e. The molecule has 0 saturated heterocycles. The minimum atomic E-state index is 0.730. The quantitative estimate of drug-likeness (QED) is 0.756. The molecule has 0 amide bonds. The monoisotopic (exact) mass is 205 g/mol. The molecular formula is C14H23N. The van der Waals surface area contributed by atoms with Crippen LogP contribution in [0.25, 0.3) is 0 Å². The van der Waals surface area contributed by atoms with Crippen molar-refractivity contribution in [3.8, 4) is 0 Å². The third kappa shape index (κ3) is 3.67. The lowest BCUT2D eigenvalue weighted by Crippen LogP contribution is -2.00. The summed E-state index contributed by atoms with van der Waals surface area (Å²) in [5.74, 6) is 0.730. The van der Waals surface area contributed by atoms with Crippen molar-refractivity contribution in [3.05, 3.63) is 35.4 Å². The minimum absolute atomic E-state index is 0.730. The fourth-order valence-corrected chi connectivity index (χ4v) is 2.02. The van der Waals surface area contributed by atoms with Crippen LogP contribution in [-0.4, -0.2) is 6.54 Å². The van der Waals surface area contributed by atoms with E-state index in [-0.39, 0.29) is 0 Å². The molecule has 0 spiro atoms. The summed E-state index contributed by atoms with van der Waals surface area (Å²) in [7, 11) is 0. The molecule has 0 aliphatic rings. The van der Waals surface area contributed by atoms with Gasteiger partial charge >= 0.3 is 0 Å². The second-order valence-electron chi connectivity index (χ2n) is 4.15. The first-order valence-electron chi connectivity index (χ1n) is 6.10. The maximum Gasteiger partial charge on any atom is -0.00741 e. The van der Waals surface area contributed by atoms with Crippen LogP contribution in [-0.2, 0) is 6.42 Å². The molecule has 0 fully saturated rings. The van der Waals surface area contributed by atoms with Crippen molar-refractivity contribution in [3.63, 3.8) is 0 Å². The van der Waals surface area contributed by atoms with Gasteiger partial charge in [0.25, 0.3) is 0 Å². The number of rotatable bonds is 6. The van der Waals surface area contributed by atoms with E-state index in [1.165, 1.54) is 24.0 Å². The van der Waals surface area contributed by atoms with Crippen molar-refractivity contribution in [2.45, 2.75) is 45.4 Å². The molecular weight excluding hydrogens is 182 g/mol. The molecule has 0 aromatic heterocycles. The summed E-state index contributed by atoms with van der Waals surface area (Å²) >= 11 is 0. The van der Waals surface area contributed by atoms with Crippen LogP contribution in [0.4, 0.5) is 0 Å². The Kier molecular flexibility index (Phi) is 5.41. The molecule has 0 saturated carbocycles. The summed E-state index contributed by atoms with van der Waals surface area (Å²) in [5.41, 5.74) is 8.39. The van der Waals surface area contributed by atoms with Crippen LogP contribution in [0.3, 0.4) is 0 Å². The van der Waals surface area contributed by atoms with Gasteiger partial charge in [-0.05, 0) is 49.3 Å². The molecule has 1 nitrogen and oxygen atoms in total. The lowest BCUT2D eigenvalue weighted by atomic mass is 9.93. The number of nitrogens with two attached hydrogens (primary N) is 1. The second-order valence-corrected chi connectivity index (χ2v) is 4.15. The normalized spacial score (nSPS) is 10.9. The molecule has 2 N–H and O–H groups in total. The molecule has 15 heavy (non-hydrogen) atoms. The van der Waals surface area contributed by atoms with Crippen LogP contribution in [0, 0.1) is 0 Å². The minimum Gasteiger partial charge on any atom is -0.330 e. The fraction of sp³-hybridized carbons (Fsp3) is 0.571. The van der Waals surface area contributed by atoms with Crippen molar-refractivity contribution < 1.29 is 0 Å². The second kappa shape index (κ2) is 6.62. The summed E-state index contributed by atoms with van der Waals surface area (Å²) in [6, 6.07) is 9.07. The van der Waals surface area contributed by atoms with Crippen LogP contribution in [0.2, 0.25) is 0 Å². The number of benzene rings is 1. The van der Waals surface area contributed by atoms with E-state index in [9.17, 15) is 0 Å². The Bertz CT molecular complexity index is 259. The standard InChI is InChI=1S/C14H23N/c1-3-13(4-2)14-9-7-12(8-10-14)6-5-11-15/h7-10,13H,3-6,11,15H2,1-2H3. The molecule has 84 valence electrons. The van der Waals surface area contributed by atoms with Gasteiger partial charge in [0.1, 0.15) is 0 Å². The molecule has 0 aliphatic carbocycles. The van der Waals surface area contributed by atoms with Gasteiger partial charge in [-0.2, -0.15) is 0 Å². The zero-order valence-electron chi connectivity index (χ0n) is 10.00. The van der Waals surface area contributed by atoms with Gasteiger partial charge in [0.15, 0.2) is 0 Å². The highest BCUT2D eigenvalue weighted by Crippen LogP contribution is 2.23. The Morgan fingerprint density at radius 3 is 2.13 bits per heavy atom.